The monoisotopic (exact) mass is 398 g/mol. The molecule has 0 aliphatic carbocycles. The summed E-state index contributed by atoms with van der Waals surface area (Å²) in [4.78, 5) is 17.4. The highest BCUT2D eigenvalue weighted by atomic mass is 16.5. The van der Waals surface area contributed by atoms with Crippen LogP contribution in [-0.2, 0) is 0 Å². The highest BCUT2D eigenvalue weighted by Crippen LogP contribution is 2.30. The Bertz CT molecular complexity index is 1150. The van der Waals surface area contributed by atoms with Gasteiger partial charge in [-0.2, -0.15) is 0 Å². The van der Waals surface area contributed by atoms with E-state index in [4.69, 9.17) is 9.15 Å². The van der Waals surface area contributed by atoms with Crippen LogP contribution in [0.2, 0.25) is 0 Å². The highest BCUT2D eigenvalue weighted by molar-refractivity contribution is 6.00. The molecular weight excluding hydrogens is 376 g/mol. The number of rotatable bonds is 6. The van der Waals surface area contributed by atoms with Crippen LogP contribution in [0.4, 0.5) is 0 Å². The fourth-order valence-electron chi connectivity index (χ4n) is 3.28. The van der Waals surface area contributed by atoms with Crippen molar-refractivity contribution in [1.82, 2.24) is 10.3 Å². The van der Waals surface area contributed by atoms with Crippen molar-refractivity contribution in [3.05, 3.63) is 96.2 Å². The normalized spacial score (nSPS) is 11.7. The van der Waals surface area contributed by atoms with Gasteiger partial charge in [0.05, 0.1) is 24.9 Å². The van der Waals surface area contributed by atoms with Gasteiger partial charge in [-0.25, -0.2) is 4.98 Å². The number of nitrogens with one attached hydrogen (secondary N) is 1. The summed E-state index contributed by atoms with van der Waals surface area (Å²) in [6, 6.07) is 24.6. The number of nitrogens with zero attached hydrogens (tertiary/aromatic N) is 1. The van der Waals surface area contributed by atoms with Gasteiger partial charge in [-0.3, -0.25) is 4.79 Å². The molecule has 5 nitrogen and oxygen atoms in total. The van der Waals surface area contributed by atoms with E-state index in [1.54, 1.807) is 19.4 Å². The van der Waals surface area contributed by atoms with E-state index < -0.39 is 0 Å². The molecule has 3 aromatic carbocycles. The van der Waals surface area contributed by atoms with Crippen molar-refractivity contribution in [2.75, 3.05) is 7.11 Å². The quantitative estimate of drug-likeness (QED) is 0.465. The molecule has 0 bridgehead atoms. The van der Waals surface area contributed by atoms with Crippen molar-refractivity contribution < 1.29 is 13.9 Å². The van der Waals surface area contributed by atoms with Crippen LogP contribution in [0.3, 0.4) is 0 Å². The van der Waals surface area contributed by atoms with E-state index in [2.05, 4.69) is 10.3 Å². The molecule has 0 saturated heterocycles. The summed E-state index contributed by atoms with van der Waals surface area (Å²) in [7, 11) is 1.62. The molecule has 1 aromatic heterocycles. The van der Waals surface area contributed by atoms with E-state index in [-0.39, 0.29) is 11.9 Å². The molecule has 150 valence electrons. The number of benzene rings is 3. The summed E-state index contributed by atoms with van der Waals surface area (Å²) in [5.74, 6) is 1.56. The number of carbonyl (C=O) groups excluding carboxylic acids is 1. The lowest BCUT2D eigenvalue weighted by Gasteiger charge is -2.15. The molecule has 1 atom stereocenters. The second kappa shape index (κ2) is 8.66. The molecule has 4 aromatic rings. The Kier molecular flexibility index (Phi) is 5.61. The lowest BCUT2D eigenvalue weighted by molar-refractivity contribution is 0.0940. The molecule has 30 heavy (non-hydrogen) atoms. The van der Waals surface area contributed by atoms with E-state index in [1.807, 2.05) is 79.7 Å². The number of ether oxygens (including phenoxy) is 1. The maximum atomic E-state index is 13.0. The lowest BCUT2D eigenvalue weighted by atomic mass is 10.0. The number of hydrogen-bond donors (Lipinski definition) is 1. The largest absolute Gasteiger partial charge is 0.497 e. The van der Waals surface area contributed by atoms with Crippen molar-refractivity contribution in [3.8, 4) is 28.5 Å². The molecule has 1 heterocycles. The second-order valence-electron chi connectivity index (χ2n) is 6.91. The van der Waals surface area contributed by atoms with Crippen LogP contribution in [0.25, 0.3) is 22.8 Å². The van der Waals surface area contributed by atoms with E-state index in [0.29, 0.717) is 22.8 Å². The van der Waals surface area contributed by atoms with Gasteiger partial charge in [-0.05, 0) is 36.8 Å². The topological polar surface area (TPSA) is 64.4 Å². The number of carbonyl (C=O) groups is 1. The van der Waals surface area contributed by atoms with Crippen LogP contribution in [-0.4, -0.2) is 18.0 Å². The van der Waals surface area contributed by atoms with Gasteiger partial charge >= 0.3 is 0 Å². The molecule has 0 aliphatic rings. The van der Waals surface area contributed by atoms with Crippen molar-refractivity contribution in [1.29, 1.82) is 0 Å². The Hall–Kier alpha value is -3.86. The fourth-order valence-corrected chi connectivity index (χ4v) is 3.28. The Morgan fingerprint density at radius 3 is 2.57 bits per heavy atom. The van der Waals surface area contributed by atoms with Gasteiger partial charge in [-0.1, -0.05) is 54.6 Å². The average Bonchev–Trinajstić information content (AvgIpc) is 3.30. The Balaban J connectivity index is 1.61. The minimum atomic E-state index is -0.178. The highest BCUT2D eigenvalue weighted by Gasteiger charge is 2.19. The number of hydrogen-bond acceptors (Lipinski definition) is 4. The van der Waals surface area contributed by atoms with Gasteiger partial charge in [-0.15, -0.1) is 0 Å². The zero-order valence-electron chi connectivity index (χ0n) is 16.8. The van der Waals surface area contributed by atoms with Crippen LogP contribution in [0.1, 0.15) is 28.9 Å². The van der Waals surface area contributed by atoms with Gasteiger partial charge in [0.1, 0.15) is 5.75 Å². The van der Waals surface area contributed by atoms with Gasteiger partial charge in [0.2, 0.25) is 5.89 Å². The average molecular weight is 398 g/mol. The standard InChI is InChI=1S/C25H22N2O3/c1-17(18-9-4-3-5-10-18)27-24(28)21-13-6-7-14-22(21)25-26-16-23(30-25)19-11-8-12-20(15-19)29-2/h3-17H,1-2H3,(H,27,28)/t17-/m0/s1. The van der Waals surface area contributed by atoms with Crippen LogP contribution < -0.4 is 10.1 Å². The summed E-state index contributed by atoms with van der Waals surface area (Å²) in [5, 5.41) is 3.05. The molecule has 1 amide bonds. The molecule has 5 heteroatoms. The first-order chi connectivity index (χ1) is 14.7. The van der Waals surface area contributed by atoms with Crippen LogP contribution >= 0.6 is 0 Å². The number of amides is 1. The minimum absolute atomic E-state index is 0.122. The molecule has 0 fully saturated rings. The first kappa shape index (κ1) is 19.5. The third-order valence-corrected chi connectivity index (χ3v) is 4.91. The van der Waals surface area contributed by atoms with Crippen molar-refractivity contribution in [2.24, 2.45) is 0 Å². The fraction of sp³-hybridized carbons (Fsp3) is 0.120. The Morgan fingerprint density at radius 1 is 1.00 bits per heavy atom. The molecule has 0 radical (unpaired) electrons. The molecule has 4 rings (SSSR count). The Labute approximate surface area is 175 Å². The second-order valence-corrected chi connectivity index (χ2v) is 6.91. The van der Waals surface area contributed by atoms with Gasteiger partial charge in [0, 0.05) is 11.1 Å². The van der Waals surface area contributed by atoms with Gasteiger partial charge in [0.25, 0.3) is 5.91 Å². The molecular formula is C25H22N2O3. The third kappa shape index (κ3) is 4.10. The van der Waals surface area contributed by atoms with Crippen LogP contribution in [0, 0.1) is 0 Å². The van der Waals surface area contributed by atoms with Crippen LogP contribution in [0.5, 0.6) is 5.75 Å². The van der Waals surface area contributed by atoms with Crippen molar-refractivity contribution in [3.63, 3.8) is 0 Å². The number of methoxy groups -OCH3 is 1. The number of aromatic nitrogens is 1. The summed E-state index contributed by atoms with van der Waals surface area (Å²) < 4.78 is 11.3. The first-order valence-electron chi connectivity index (χ1n) is 9.71. The molecule has 0 saturated carbocycles. The SMILES string of the molecule is COc1cccc(-c2cnc(-c3ccccc3C(=O)N[C@@H](C)c3ccccc3)o2)c1. The van der Waals surface area contributed by atoms with E-state index in [9.17, 15) is 4.79 Å². The van der Waals surface area contributed by atoms with E-state index in [0.717, 1.165) is 16.9 Å². The third-order valence-electron chi connectivity index (χ3n) is 4.91. The predicted molar refractivity (Wildman–Crippen MR) is 116 cm³/mol. The van der Waals surface area contributed by atoms with Crippen molar-refractivity contribution >= 4 is 5.91 Å². The zero-order valence-corrected chi connectivity index (χ0v) is 16.8. The summed E-state index contributed by atoms with van der Waals surface area (Å²) in [6.07, 6.45) is 1.66. The number of oxazole rings is 1. The molecule has 1 N–H and O–H groups in total. The smallest absolute Gasteiger partial charge is 0.252 e. The molecule has 0 unspecified atom stereocenters. The summed E-state index contributed by atoms with van der Waals surface area (Å²) >= 11 is 0. The van der Waals surface area contributed by atoms with Gasteiger partial charge in [0.15, 0.2) is 5.76 Å². The van der Waals surface area contributed by atoms with Crippen molar-refractivity contribution in [2.45, 2.75) is 13.0 Å². The summed E-state index contributed by atoms with van der Waals surface area (Å²) in [5.41, 5.74) is 3.05. The lowest BCUT2D eigenvalue weighted by Crippen LogP contribution is -2.27. The first-order valence-corrected chi connectivity index (χ1v) is 9.71. The van der Waals surface area contributed by atoms with Gasteiger partial charge < -0.3 is 14.5 Å². The molecule has 0 aliphatic heterocycles. The zero-order chi connectivity index (χ0) is 20.9. The predicted octanol–water partition coefficient (Wildman–Crippen LogP) is 5.51. The van der Waals surface area contributed by atoms with E-state index >= 15 is 0 Å². The maximum absolute atomic E-state index is 13.0. The molecule has 0 spiro atoms. The summed E-state index contributed by atoms with van der Waals surface area (Å²) in [6.45, 7) is 1.96. The Morgan fingerprint density at radius 2 is 1.77 bits per heavy atom. The minimum Gasteiger partial charge on any atom is -0.497 e. The maximum Gasteiger partial charge on any atom is 0.252 e. The van der Waals surface area contributed by atoms with Crippen LogP contribution in [0.15, 0.2) is 89.5 Å². The van der Waals surface area contributed by atoms with E-state index in [1.165, 1.54) is 0 Å².